The van der Waals surface area contributed by atoms with E-state index >= 15 is 0 Å². The molecule has 1 aliphatic heterocycles. The van der Waals surface area contributed by atoms with E-state index < -0.39 is 14.8 Å². The van der Waals surface area contributed by atoms with Crippen LogP contribution in [0.1, 0.15) is 12.8 Å². The van der Waals surface area contributed by atoms with Gasteiger partial charge in [-0.2, -0.15) is 0 Å². The lowest BCUT2D eigenvalue weighted by molar-refractivity contribution is -0.384. The molecule has 0 aliphatic carbocycles. The number of hydrogen-bond donors (Lipinski definition) is 1. The van der Waals surface area contributed by atoms with Gasteiger partial charge in [-0.1, -0.05) is 11.3 Å². The first-order valence-electron chi connectivity index (χ1n) is 6.88. The summed E-state index contributed by atoms with van der Waals surface area (Å²) in [4.78, 5) is 26.4. The number of nitrogens with one attached hydrogen (secondary N) is 1. The second-order valence-electron chi connectivity index (χ2n) is 5.45. The maximum absolute atomic E-state index is 12.0. The summed E-state index contributed by atoms with van der Waals surface area (Å²) in [5, 5.41) is 13.7. The summed E-state index contributed by atoms with van der Waals surface area (Å²) in [6.45, 7) is 0. The first kappa shape index (κ1) is 15.8. The molecular formula is C13H13N3O5S2. The number of rotatable bonds is 4. The van der Waals surface area contributed by atoms with Gasteiger partial charge in [0, 0.05) is 18.6 Å². The van der Waals surface area contributed by atoms with Crippen LogP contribution in [0.5, 0.6) is 0 Å². The zero-order chi connectivity index (χ0) is 16.6. The summed E-state index contributed by atoms with van der Waals surface area (Å²) < 4.78 is 23.4. The zero-order valence-electron chi connectivity index (χ0n) is 11.9. The fraction of sp³-hybridized carbons (Fsp3) is 0.385. The van der Waals surface area contributed by atoms with Crippen molar-refractivity contribution >= 4 is 48.1 Å². The van der Waals surface area contributed by atoms with Crippen molar-refractivity contribution in [3.8, 4) is 0 Å². The Morgan fingerprint density at radius 1 is 1.48 bits per heavy atom. The molecule has 10 heteroatoms. The number of hydrogen-bond acceptors (Lipinski definition) is 7. The van der Waals surface area contributed by atoms with E-state index in [1.54, 1.807) is 0 Å². The minimum absolute atomic E-state index is 0.0322. The van der Waals surface area contributed by atoms with Gasteiger partial charge in [0.15, 0.2) is 15.0 Å². The molecule has 0 spiro atoms. The first-order chi connectivity index (χ1) is 10.8. The summed E-state index contributed by atoms with van der Waals surface area (Å²) >= 11 is 1.15. The highest BCUT2D eigenvalue weighted by Crippen LogP contribution is 2.29. The maximum Gasteiger partial charge on any atom is 0.270 e. The molecule has 1 saturated heterocycles. The Kier molecular flexibility index (Phi) is 4.02. The molecule has 3 rings (SSSR count). The van der Waals surface area contributed by atoms with Gasteiger partial charge < -0.3 is 5.32 Å². The molecule has 1 aromatic heterocycles. The Labute approximate surface area is 135 Å². The number of thiazole rings is 1. The van der Waals surface area contributed by atoms with Crippen LogP contribution in [0.15, 0.2) is 18.2 Å². The molecular weight excluding hydrogens is 342 g/mol. The van der Waals surface area contributed by atoms with Crippen molar-refractivity contribution in [3.63, 3.8) is 0 Å². The van der Waals surface area contributed by atoms with Crippen LogP contribution in [0.25, 0.3) is 10.2 Å². The third kappa shape index (κ3) is 3.64. The van der Waals surface area contributed by atoms with E-state index in [9.17, 15) is 23.3 Å². The first-order valence-corrected chi connectivity index (χ1v) is 9.51. The number of aromatic nitrogens is 1. The molecule has 8 nitrogen and oxygen atoms in total. The number of anilines is 1. The molecule has 1 amide bonds. The standard InChI is InChI=1S/C13H13N3O5S2/c17-12(5-8-3-4-23(20,21)7-8)15-13-14-10-2-1-9(16(18)19)6-11(10)22-13/h1-2,6,8H,3-5,7H2,(H,14,15,17)/t8-/m0/s1. The van der Waals surface area contributed by atoms with Crippen LogP contribution >= 0.6 is 11.3 Å². The Bertz CT molecular complexity index is 890. The molecule has 2 aromatic rings. The van der Waals surface area contributed by atoms with Gasteiger partial charge in [-0.15, -0.1) is 0 Å². The Morgan fingerprint density at radius 2 is 2.26 bits per heavy atom. The molecule has 1 N–H and O–H groups in total. The molecule has 1 aliphatic rings. The quantitative estimate of drug-likeness (QED) is 0.661. The summed E-state index contributed by atoms with van der Waals surface area (Å²) in [5.41, 5.74) is 0.537. The second-order valence-corrected chi connectivity index (χ2v) is 8.71. The van der Waals surface area contributed by atoms with Gasteiger partial charge in [0.2, 0.25) is 5.91 Å². The van der Waals surface area contributed by atoms with Crippen molar-refractivity contribution in [1.29, 1.82) is 0 Å². The molecule has 0 saturated carbocycles. The number of nitrogens with zero attached hydrogens (tertiary/aromatic N) is 2. The Morgan fingerprint density at radius 3 is 2.91 bits per heavy atom. The number of nitro benzene ring substituents is 1. The lowest BCUT2D eigenvalue weighted by Crippen LogP contribution is -2.17. The molecule has 0 bridgehead atoms. The average molecular weight is 355 g/mol. The number of benzene rings is 1. The third-order valence-electron chi connectivity index (χ3n) is 3.63. The van der Waals surface area contributed by atoms with E-state index in [1.165, 1.54) is 18.2 Å². The Balaban J connectivity index is 1.69. The molecule has 1 fully saturated rings. The third-order valence-corrected chi connectivity index (χ3v) is 6.40. The molecule has 1 aromatic carbocycles. The summed E-state index contributed by atoms with van der Waals surface area (Å²) in [6.07, 6.45) is 0.636. The lowest BCUT2D eigenvalue weighted by atomic mass is 10.1. The summed E-state index contributed by atoms with van der Waals surface area (Å²) in [5.74, 6) is -0.265. The predicted octanol–water partition coefficient (Wildman–Crippen LogP) is 1.97. The lowest BCUT2D eigenvalue weighted by Gasteiger charge is -2.06. The van der Waals surface area contributed by atoms with Crippen LogP contribution in [0.4, 0.5) is 10.8 Å². The highest BCUT2D eigenvalue weighted by atomic mass is 32.2. The number of amides is 1. The zero-order valence-corrected chi connectivity index (χ0v) is 13.5. The number of nitro groups is 1. The molecule has 1 atom stereocenters. The van der Waals surface area contributed by atoms with Crippen molar-refractivity contribution in [3.05, 3.63) is 28.3 Å². The van der Waals surface area contributed by atoms with Crippen LogP contribution in [0, 0.1) is 16.0 Å². The van der Waals surface area contributed by atoms with E-state index in [4.69, 9.17) is 0 Å². The number of non-ortho nitro benzene ring substituents is 1. The molecule has 0 unspecified atom stereocenters. The van der Waals surface area contributed by atoms with Crippen molar-refractivity contribution in [2.45, 2.75) is 12.8 Å². The molecule has 23 heavy (non-hydrogen) atoms. The van der Waals surface area contributed by atoms with Crippen LogP contribution in [0.2, 0.25) is 0 Å². The molecule has 0 radical (unpaired) electrons. The van der Waals surface area contributed by atoms with Gasteiger partial charge >= 0.3 is 0 Å². The van der Waals surface area contributed by atoms with Crippen molar-refractivity contribution in [1.82, 2.24) is 4.98 Å². The minimum atomic E-state index is -3.00. The van der Waals surface area contributed by atoms with E-state index in [1.807, 2.05) is 0 Å². The van der Waals surface area contributed by atoms with Crippen LogP contribution in [0.3, 0.4) is 0 Å². The smallest absolute Gasteiger partial charge is 0.270 e. The van der Waals surface area contributed by atoms with Crippen molar-refractivity contribution in [2.24, 2.45) is 5.92 Å². The van der Waals surface area contributed by atoms with Gasteiger partial charge in [0.1, 0.15) is 0 Å². The second kappa shape index (κ2) is 5.85. The Hall–Kier alpha value is -2.07. The fourth-order valence-electron chi connectivity index (χ4n) is 2.55. The van der Waals surface area contributed by atoms with Gasteiger partial charge in [-0.25, -0.2) is 13.4 Å². The van der Waals surface area contributed by atoms with E-state index in [0.717, 1.165) is 11.3 Å². The van der Waals surface area contributed by atoms with E-state index in [-0.39, 0.29) is 35.4 Å². The normalized spacial score (nSPS) is 19.7. The van der Waals surface area contributed by atoms with E-state index in [2.05, 4.69) is 10.3 Å². The number of fused-ring (bicyclic) bond motifs is 1. The molecule has 122 valence electrons. The van der Waals surface area contributed by atoms with E-state index in [0.29, 0.717) is 21.8 Å². The molecule has 2 heterocycles. The van der Waals surface area contributed by atoms with Crippen LogP contribution in [-0.2, 0) is 14.6 Å². The maximum atomic E-state index is 12.0. The van der Waals surface area contributed by atoms with Gasteiger partial charge in [0.25, 0.3) is 5.69 Å². The van der Waals surface area contributed by atoms with Gasteiger partial charge in [-0.3, -0.25) is 14.9 Å². The SMILES string of the molecule is O=C(C[C@@H]1CCS(=O)(=O)C1)Nc1nc2ccc([N+](=O)[O-])cc2s1. The fourth-order valence-corrected chi connectivity index (χ4v) is 5.32. The van der Waals surface area contributed by atoms with Crippen molar-refractivity contribution < 1.29 is 18.1 Å². The van der Waals surface area contributed by atoms with Crippen LogP contribution in [-0.4, -0.2) is 35.7 Å². The van der Waals surface area contributed by atoms with Gasteiger partial charge in [0.05, 0.1) is 26.6 Å². The largest absolute Gasteiger partial charge is 0.302 e. The number of sulfone groups is 1. The minimum Gasteiger partial charge on any atom is -0.302 e. The highest BCUT2D eigenvalue weighted by Gasteiger charge is 2.29. The number of carbonyl (C=O) groups excluding carboxylic acids is 1. The summed E-state index contributed by atoms with van der Waals surface area (Å²) in [6, 6.07) is 4.30. The monoisotopic (exact) mass is 355 g/mol. The van der Waals surface area contributed by atoms with Crippen molar-refractivity contribution in [2.75, 3.05) is 16.8 Å². The summed E-state index contributed by atoms with van der Waals surface area (Å²) in [7, 11) is -3.00. The predicted molar refractivity (Wildman–Crippen MR) is 86.3 cm³/mol. The van der Waals surface area contributed by atoms with Crippen LogP contribution < -0.4 is 5.32 Å². The van der Waals surface area contributed by atoms with Gasteiger partial charge in [-0.05, 0) is 18.4 Å². The number of carbonyl (C=O) groups is 1. The topological polar surface area (TPSA) is 119 Å². The highest BCUT2D eigenvalue weighted by molar-refractivity contribution is 7.91. The average Bonchev–Trinajstić information content (AvgIpc) is 2.99.